The maximum absolute atomic E-state index is 13.0. The molecule has 1 atom stereocenters. The number of amides is 1. The zero-order valence-electron chi connectivity index (χ0n) is 17.7. The number of benzene rings is 1. The van der Waals surface area contributed by atoms with Crippen LogP contribution in [0.2, 0.25) is 0 Å². The van der Waals surface area contributed by atoms with E-state index in [4.69, 9.17) is 4.74 Å². The van der Waals surface area contributed by atoms with E-state index in [0.29, 0.717) is 22.9 Å². The molecule has 0 unspecified atom stereocenters. The van der Waals surface area contributed by atoms with E-state index in [1.54, 1.807) is 10.7 Å². The van der Waals surface area contributed by atoms with Crippen LogP contribution in [0.3, 0.4) is 0 Å². The average Bonchev–Trinajstić information content (AvgIpc) is 3.25. The summed E-state index contributed by atoms with van der Waals surface area (Å²) in [5, 5.41) is 14.1. The summed E-state index contributed by atoms with van der Waals surface area (Å²) in [6.45, 7) is 5.14. The Kier molecular flexibility index (Phi) is 6.24. The van der Waals surface area contributed by atoms with Crippen molar-refractivity contribution < 1.29 is 9.53 Å². The molecule has 5 rings (SSSR count). The Morgan fingerprint density at radius 1 is 1.25 bits per heavy atom. The second kappa shape index (κ2) is 9.43. The van der Waals surface area contributed by atoms with Crippen LogP contribution >= 0.6 is 15.9 Å². The molecule has 2 fully saturated rings. The maximum Gasteiger partial charge on any atom is 0.261 e. The minimum absolute atomic E-state index is 0.246. The average molecular weight is 500 g/mol. The summed E-state index contributed by atoms with van der Waals surface area (Å²) in [5.74, 6) is 0.501. The smallest absolute Gasteiger partial charge is 0.261 e. The molecular formula is C22H26BrN7O2. The van der Waals surface area contributed by atoms with Crippen LogP contribution < -0.4 is 20.9 Å². The summed E-state index contributed by atoms with van der Waals surface area (Å²) in [4.78, 5) is 20.0. The van der Waals surface area contributed by atoms with E-state index in [2.05, 4.69) is 46.9 Å². The minimum atomic E-state index is -0.246. The largest absolute Gasteiger partial charge is 0.378 e. The van der Waals surface area contributed by atoms with Crippen molar-refractivity contribution in [2.75, 3.05) is 54.9 Å². The first-order chi connectivity index (χ1) is 15.7. The van der Waals surface area contributed by atoms with Crippen molar-refractivity contribution in [1.82, 2.24) is 19.9 Å². The van der Waals surface area contributed by atoms with Crippen LogP contribution in [0.1, 0.15) is 23.2 Å². The third-order valence-corrected chi connectivity index (χ3v) is 6.50. The van der Waals surface area contributed by atoms with E-state index < -0.39 is 0 Å². The predicted molar refractivity (Wildman–Crippen MR) is 128 cm³/mol. The van der Waals surface area contributed by atoms with Gasteiger partial charge in [0.25, 0.3) is 5.91 Å². The molecule has 0 saturated carbocycles. The number of hydrogen-bond acceptors (Lipinski definition) is 7. The number of nitrogens with one attached hydrogen (secondary N) is 3. The Morgan fingerprint density at radius 3 is 2.91 bits per heavy atom. The Balaban J connectivity index is 1.32. The van der Waals surface area contributed by atoms with Crippen molar-refractivity contribution in [3.05, 3.63) is 46.7 Å². The van der Waals surface area contributed by atoms with Crippen LogP contribution in [-0.2, 0) is 4.74 Å². The Hall–Kier alpha value is -2.69. The molecule has 0 aliphatic carbocycles. The molecule has 1 amide bonds. The highest BCUT2D eigenvalue weighted by atomic mass is 79.9. The van der Waals surface area contributed by atoms with Gasteiger partial charge in [-0.15, -0.1) is 0 Å². The lowest BCUT2D eigenvalue weighted by Crippen LogP contribution is -2.38. The number of carbonyl (C=O) groups is 1. The standard InChI is InChI=1S/C22H26BrN7O2/c23-18-12-16(29-8-10-32-11-9-29)3-4-19(18)27-22(31)17-14-25-30-7-5-20(28-21(17)30)26-15-2-1-6-24-13-15/h3-5,7,12,14-15,24H,1-2,6,8-11,13H2,(H,26,28)(H,27,31)/t15-/m1/s1. The van der Waals surface area contributed by atoms with E-state index >= 15 is 0 Å². The van der Waals surface area contributed by atoms with Gasteiger partial charge in [-0.3, -0.25) is 4.79 Å². The minimum Gasteiger partial charge on any atom is -0.378 e. The Bertz CT molecular complexity index is 1110. The molecule has 168 valence electrons. The highest BCUT2D eigenvalue weighted by molar-refractivity contribution is 9.10. The first-order valence-corrected chi connectivity index (χ1v) is 11.7. The van der Waals surface area contributed by atoms with Crippen molar-refractivity contribution in [3.63, 3.8) is 0 Å². The molecule has 2 aliphatic heterocycles. The summed E-state index contributed by atoms with van der Waals surface area (Å²) in [6.07, 6.45) is 5.62. The molecular weight excluding hydrogens is 474 g/mol. The third kappa shape index (κ3) is 4.57. The Morgan fingerprint density at radius 2 is 2.12 bits per heavy atom. The van der Waals surface area contributed by atoms with Gasteiger partial charge in [0.05, 0.1) is 25.1 Å². The van der Waals surface area contributed by atoms with Crippen LogP contribution in [0.5, 0.6) is 0 Å². The van der Waals surface area contributed by atoms with Crippen LogP contribution in [0.15, 0.2) is 41.1 Å². The van der Waals surface area contributed by atoms with Gasteiger partial charge in [-0.1, -0.05) is 0 Å². The lowest BCUT2D eigenvalue weighted by atomic mass is 10.1. The van der Waals surface area contributed by atoms with Crippen molar-refractivity contribution in [2.24, 2.45) is 0 Å². The van der Waals surface area contributed by atoms with Crippen LogP contribution in [0.25, 0.3) is 5.65 Å². The molecule has 3 aromatic rings. The number of aromatic nitrogens is 3. The summed E-state index contributed by atoms with van der Waals surface area (Å²) in [6, 6.07) is 8.17. The fraction of sp³-hybridized carbons (Fsp3) is 0.409. The molecule has 4 heterocycles. The third-order valence-electron chi connectivity index (χ3n) is 5.84. The molecule has 2 aliphatic rings. The van der Waals surface area contributed by atoms with Gasteiger partial charge in [0, 0.05) is 42.0 Å². The zero-order chi connectivity index (χ0) is 21.9. The molecule has 0 spiro atoms. The van der Waals surface area contributed by atoms with Gasteiger partial charge in [0.15, 0.2) is 5.65 Å². The molecule has 10 heteroatoms. The van der Waals surface area contributed by atoms with Gasteiger partial charge in [-0.25, -0.2) is 9.50 Å². The van der Waals surface area contributed by atoms with Gasteiger partial charge in [-0.2, -0.15) is 5.10 Å². The number of rotatable bonds is 5. The van der Waals surface area contributed by atoms with E-state index in [0.717, 1.165) is 68.2 Å². The first kappa shape index (κ1) is 21.2. The molecule has 3 N–H and O–H groups in total. The molecule has 0 bridgehead atoms. The fourth-order valence-electron chi connectivity index (χ4n) is 4.11. The zero-order valence-corrected chi connectivity index (χ0v) is 19.3. The molecule has 0 radical (unpaired) electrons. The SMILES string of the molecule is O=C(Nc1ccc(N2CCOCC2)cc1Br)c1cnn2ccc(N[C@@H]3CCCNC3)nc12. The number of nitrogens with zero attached hydrogens (tertiary/aromatic N) is 4. The number of ether oxygens (including phenoxy) is 1. The number of hydrogen-bond donors (Lipinski definition) is 3. The summed E-state index contributed by atoms with van der Waals surface area (Å²) < 4.78 is 7.87. The lowest BCUT2D eigenvalue weighted by molar-refractivity contribution is 0.102. The molecule has 2 aromatic heterocycles. The fourth-order valence-corrected chi connectivity index (χ4v) is 4.57. The number of carbonyl (C=O) groups excluding carboxylic acids is 1. The monoisotopic (exact) mass is 499 g/mol. The van der Waals surface area contributed by atoms with Crippen molar-refractivity contribution in [3.8, 4) is 0 Å². The quantitative estimate of drug-likeness (QED) is 0.496. The van der Waals surface area contributed by atoms with Gasteiger partial charge in [-0.05, 0) is 59.6 Å². The second-order valence-electron chi connectivity index (χ2n) is 8.04. The van der Waals surface area contributed by atoms with Gasteiger partial charge >= 0.3 is 0 Å². The van der Waals surface area contributed by atoms with E-state index in [9.17, 15) is 4.79 Å². The summed E-state index contributed by atoms with van der Waals surface area (Å²) >= 11 is 3.60. The molecule has 9 nitrogen and oxygen atoms in total. The number of fused-ring (bicyclic) bond motifs is 1. The molecule has 2 saturated heterocycles. The second-order valence-corrected chi connectivity index (χ2v) is 8.90. The summed E-state index contributed by atoms with van der Waals surface area (Å²) in [7, 11) is 0. The number of anilines is 3. The van der Waals surface area contributed by atoms with Crippen LogP contribution in [0.4, 0.5) is 17.2 Å². The van der Waals surface area contributed by atoms with Crippen LogP contribution in [0, 0.1) is 0 Å². The van der Waals surface area contributed by atoms with E-state index in [1.807, 2.05) is 30.5 Å². The Labute approximate surface area is 194 Å². The van der Waals surface area contributed by atoms with Gasteiger partial charge < -0.3 is 25.6 Å². The topological polar surface area (TPSA) is 95.8 Å². The van der Waals surface area contributed by atoms with Crippen molar-refractivity contribution in [2.45, 2.75) is 18.9 Å². The molecule has 32 heavy (non-hydrogen) atoms. The highest BCUT2D eigenvalue weighted by Gasteiger charge is 2.19. The first-order valence-electron chi connectivity index (χ1n) is 10.9. The lowest BCUT2D eigenvalue weighted by Gasteiger charge is -2.29. The maximum atomic E-state index is 13.0. The predicted octanol–water partition coefficient (Wildman–Crippen LogP) is 2.74. The highest BCUT2D eigenvalue weighted by Crippen LogP contribution is 2.29. The summed E-state index contributed by atoms with van der Waals surface area (Å²) in [5.41, 5.74) is 2.76. The van der Waals surface area contributed by atoms with E-state index in [1.165, 1.54) is 0 Å². The number of halogens is 1. The van der Waals surface area contributed by atoms with Gasteiger partial charge in [0.1, 0.15) is 11.4 Å². The van der Waals surface area contributed by atoms with Crippen molar-refractivity contribution >= 4 is 44.7 Å². The number of morpholine rings is 1. The van der Waals surface area contributed by atoms with Crippen molar-refractivity contribution in [1.29, 1.82) is 0 Å². The van der Waals surface area contributed by atoms with E-state index in [-0.39, 0.29) is 5.91 Å². The normalized spacial score (nSPS) is 19.2. The number of piperidine rings is 1. The van der Waals surface area contributed by atoms with Crippen LogP contribution in [-0.4, -0.2) is 65.9 Å². The molecule has 1 aromatic carbocycles. The van der Waals surface area contributed by atoms with Gasteiger partial charge in [0.2, 0.25) is 0 Å².